The fourth-order valence-corrected chi connectivity index (χ4v) is 7.98. The molecule has 0 saturated heterocycles. The Kier molecular flexibility index (Phi) is 7.10. The number of benzene rings is 7. The van der Waals surface area contributed by atoms with E-state index in [1.54, 1.807) is 0 Å². The zero-order valence-electron chi connectivity index (χ0n) is 26.3. The highest BCUT2D eigenvalue weighted by Gasteiger charge is 2.18. The molecule has 8 aromatic rings. The first kappa shape index (κ1) is 28.3. The summed E-state index contributed by atoms with van der Waals surface area (Å²) in [4.78, 5) is 2.35. The van der Waals surface area contributed by atoms with Gasteiger partial charge in [0, 0.05) is 39.3 Å². The van der Waals surface area contributed by atoms with Gasteiger partial charge < -0.3 is 10.2 Å². The third kappa shape index (κ3) is 5.15. The molecule has 9 rings (SSSR count). The molecule has 0 atom stereocenters. The van der Waals surface area contributed by atoms with Crippen LogP contribution in [0.4, 0.5) is 22.1 Å². The Morgan fingerprint density at radius 1 is 0.458 bits per heavy atom. The maximum Gasteiger partial charge on any atom is 0.0971 e. The lowest BCUT2D eigenvalue weighted by atomic mass is 9.97. The second-order valence-electron chi connectivity index (χ2n) is 12.2. The Morgan fingerprint density at radius 2 is 1.02 bits per heavy atom. The van der Waals surface area contributed by atoms with Crippen LogP contribution < -0.4 is 10.2 Å². The summed E-state index contributed by atoms with van der Waals surface area (Å²) in [5.74, 6) is 0. The van der Waals surface area contributed by atoms with E-state index in [9.17, 15) is 0 Å². The SMILES string of the molecule is C1=C(c2ccc(N(c3ccc(-c4ccccc4)cc3)c3ccc(-c4cccc5ccccc45)cc3)cc2)CNc2sc3ccccc3c21. The van der Waals surface area contributed by atoms with Gasteiger partial charge in [-0.1, -0.05) is 127 Å². The summed E-state index contributed by atoms with van der Waals surface area (Å²) in [6.45, 7) is 0.819. The molecular weight excluding hydrogens is 601 g/mol. The quantitative estimate of drug-likeness (QED) is 0.196. The summed E-state index contributed by atoms with van der Waals surface area (Å²) in [6.07, 6.45) is 2.37. The fourth-order valence-electron chi connectivity index (χ4n) is 6.90. The molecule has 0 unspecified atom stereocenters. The van der Waals surface area contributed by atoms with Gasteiger partial charge in [-0.25, -0.2) is 0 Å². The van der Waals surface area contributed by atoms with E-state index >= 15 is 0 Å². The lowest BCUT2D eigenvalue weighted by Crippen LogP contribution is -2.11. The van der Waals surface area contributed by atoms with Gasteiger partial charge in [-0.15, -0.1) is 11.3 Å². The molecule has 1 aliphatic heterocycles. The van der Waals surface area contributed by atoms with Crippen LogP contribution in [-0.4, -0.2) is 6.54 Å². The van der Waals surface area contributed by atoms with Gasteiger partial charge in [0.1, 0.15) is 0 Å². The predicted octanol–water partition coefficient (Wildman–Crippen LogP) is 12.8. The number of hydrogen-bond acceptors (Lipinski definition) is 3. The molecule has 0 amide bonds. The second-order valence-corrected chi connectivity index (χ2v) is 13.3. The highest BCUT2D eigenvalue weighted by atomic mass is 32.1. The minimum atomic E-state index is 0.819. The number of rotatable bonds is 6. The van der Waals surface area contributed by atoms with Crippen LogP contribution in [0.1, 0.15) is 11.1 Å². The largest absolute Gasteiger partial charge is 0.372 e. The van der Waals surface area contributed by atoms with E-state index in [-0.39, 0.29) is 0 Å². The monoisotopic (exact) mass is 632 g/mol. The first-order valence-electron chi connectivity index (χ1n) is 16.4. The number of nitrogens with one attached hydrogen (secondary N) is 1. The third-order valence-corrected chi connectivity index (χ3v) is 10.5. The van der Waals surface area contributed by atoms with E-state index in [0.29, 0.717) is 0 Å². The minimum absolute atomic E-state index is 0.819. The van der Waals surface area contributed by atoms with Gasteiger partial charge in [0.2, 0.25) is 0 Å². The van der Waals surface area contributed by atoms with Crippen molar-refractivity contribution in [3.8, 4) is 22.3 Å². The molecule has 0 saturated carbocycles. The van der Waals surface area contributed by atoms with Crippen molar-refractivity contribution in [3.05, 3.63) is 181 Å². The predicted molar refractivity (Wildman–Crippen MR) is 208 cm³/mol. The smallest absolute Gasteiger partial charge is 0.0971 e. The molecule has 7 aromatic carbocycles. The maximum absolute atomic E-state index is 3.68. The molecule has 1 aromatic heterocycles. The van der Waals surface area contributed by atoms with Crippen molar-refractivity contribution >= 4 is 65.9 Å². The summed E-state index contributed by atoms with van der Waals surface area (Å²) >= 11 is 1.84. The van der Waals surface area contributed by atoms with Crippen LogP contribution in [-0.2, 0) is 0 Å². The molecule has 2 nitrogen and oxygen atoms in total. The number of thiophene rings is 1. The molecule has 0 radical (unpaired) electrons. The van der Waals surface area contributed by atoms with Crippen LogP contribution in [0.5, 0.6) is 0 Å². The average Bonchev–Trinajstić information content (AvgIpc) is 3.54. The van der Waals surface area contributed by atoms with Crippen molar-refractivity contribution < 1.29 is 0 Å². The molecular formula is C45H32N2S. The minimum Gasteiger partial charge on any atom is -0.372 e. The number of hydrogen-bond donors (Lipinski definition) is 1. The van der Waals surface area contributed by atoms with Crippen molar-refractivity contribution in [3.63, 3.8) is 0 Å². The van der Waals surface area contributed by atoms with Gasteiger partial charge in [0.05, 0.1) is 5.00 Å². The third-order valence-electron chi connectivity index (χ3n) is 9.35. The van der Waals surface area contributed by atoms with Crippen LogP contribution in [0.2, 0.25) is 0 Å². The molecule has 48 heavy (non-hydrogen) atoms. The molecule has 0 fully saturated rings. The van der Waals surface area contributed by atoms with Gasteiger partial charge >= 0.3 is 0 Å². The van der Waals surface area contributed by atoms with Crippen molar-refractivity contribution in [1.29, 1.82) is 0 Å². The molecule has 0 aliphatic carbocycles. The standard InChI is InChI=1S/C45H32N2S/c1-2-9-31(10-3-1)32-17-23-37(24-18-32)47(39-27-21-35(22-28-39)41-15-8-12-34-11-4-5-13-40(34)41)38-25-19-33(20-26-38)36-29-43-42-14-6-7-16-44(42)48-45(43)46-30-36/h1-29,46H,30H2. The fraction of sp³-hybridized carbons (Fsp3) is 0.0222. The molecule has 228 valence electrons. The maximum atomic E-state index is 3.68. The summed E-state index contributed by atoms with van der Waals surface area (Å²) < 4.78 is 1.32. The van der Waals surface area contributed by atoms with Crippen LogP contribution in [0.25, 0.3) is 54.8 Å². The van der Waals surface area contributed by atoms with Crippen LogP contribution in [0, 0.1) is 0 Å². The van der Waals surface area contributed by atoms with Crippen molar-refractivity contribution in [2.45, 2.75) is 0 Å². The molecule has 0 bridgehead atoms. The Morgan fingerprint density at radius 3 is 1.75 bits per heavy atom. The number of nitrogens with zero attached hydrogens (tertiary/aromatic N) is 1. The van der Waals surface area contributed by atoms with Crippen LogP contribution in [0.15, 0.2) is 170 Å². The van der Waals surface area contributed by atoms with Crippen molar-refractivity contribution in [2.75, 3.05) is 16.8 Å². The molecule has 3 heteroatoms. The lowest BCUT2D eigenvalue weighted by molar-refractivity contribution is 1.28. The highest BCUT2D eigenvalue weighted by Crippen LogP contribution is 2.42. The summed E-state index contributed by atoms with van der Waals surface area (Å²) in [7, 11) is 0. The zero-order chi connectivity index (χ0) is 31.9. The summed E-state index contributed by atoms with van der Waals surface area (Å²) in [6, 6.07) is 61.3. The van der Waals surface area contributed by atoms with E-state index in [1.807, 2.05) is 11.3 Å². The van der Waals surface area contributed by atoms with Gasteiger partial charge in [0.25, 0.3) is 0 Å². The first-order valence-corrected chi connectivity index (χ1v) is 17.2. The Labute approximate surface area is 284 Å². The summed E-state index contributed by atoms with van der Waals surface area (Å²) in [5, 5.41) is 8.78. The lowest BCUT2D eigenvalue weighted by Gasteiger charge is -2.26. The van der Waals surface area contributed by atoms with E-state index in [1.165, 1.54) is 64.8 Å². The van der Waals surface area contributed by atoms with Gasteiger partial charge in [-0.2, -0.15) is 0 Å². The van der Waals surface area contributed by atoms with Gasteiger partial charge in [0.15, 0.2) is 0 Å². The van der Waals surface area contributed by atoms with Crippen molar-refractivity contribution in [2.24, 2.45) is 0 Å². The Hall–Kier alpha value is -5.90. The van der Waals surface area contributed by atoms with Crippen LogP contribution in [0.3, 0.4) is 0 Å². The van der Waals surface area contributed by atoms with E-state index in [4.69, 9.17) is 0 Å². The Bertz CT molecular complexity index is 2420. The topological polar surface area (TPSA) is 15.3 Å². The van der Waals surface area contributed by atoms with E-state index in [2.05, 4.69) is 186 Å². The average molecular weight is 633 g/mol. The molecule has 1 N–H and O–H groups in total. The molecule has 2 heterocycles. The first-order chi connectivity index (χ1) is 23.8. The van der Waals surface area contributed by atoms with E-state index in [0.717, 1.165) is 23.6 Å². The second kappa shape index (κ2) is 12.0. The normalized spacial score (nSPS) is 12.4. The number of fused-ring (bicyclic) bond motifs is 4. The van der Waals surface area contributed by atoms with E-state index < -0.39 is 0 Å². The van der Waals surface area contributed by atoms with Gasteiger partial charge in [-0.3, -0.25) is 0 Å². The highest BCUT2D eigenvalue weighted by molar-refractivity contribution is 7.23. The summed E-state index contributed by atoms with van der Waals surface area (Å²) in [5.41, 5.74) is 12.1. The molecule has 1 aliphatic rings. The molecule has 0 spiro atoms. The van der Waals surface area contributed by atoms with Crippen LogP contribution >= 0.6 is 11.3 Å². The van der Waals surface area contributed by atoms with Gasteiger partial charge in [-0.05, 0) is 92.7 Å². The Balaban J connectivity index is 1.09. The number of anilines is 4. The van der Waals surface area contributed by atoms with Crippen molar-refractivity contribution in [1.82, 2.24) is 0 Å². The zero-order valence-corrected chi connectivity index (χ0v) is 27.1.